The fourth-order valence-electron chi connectivity index (χ4n) is 8.16. The number of urea groups is 1. The average molecular weight is 930 g/mol. The van der Waals surface area contributed by atoms with E-state index in [-0.39, 0.29) is 43.0 Å². The second kappa shape index (κ2) is 20.4. The number of ether oxygens (including phenoxy) is 1. The lowest BCUT2D eigenvalue weighted by Crippen LogP contribution is -2.51. The molecule has 66 heavy (non-hydrogen) atoms. The second-order valence-corrected chi connectivity index (χ2v) is 17.8. The molecule has 1 unspecified atom stereocenters. The molecule has 18 nitrogen and oxygen atoms in total. The van der Waals surface area contributed by atoms with Gasteiger partial charge in [0.15, 0.2) is 11.9 Å². The highest BCUT2D eigenvalue weighted by Gasteiger charge is 2.31. The number of hydrogen-bond donors (Lipinski definition) is 5. The molecular formula is C45H49F2N9O9S. The second-order valence-electron chi connectivity index (χ2n) is 16.1. The Bertz CT molecular complexity index is 2710. The number of halogens is 2. The van der Waals surface area contributed by atoms with Crippen LogP contribution < -0.4 is 25.0 Å². The minimum Gasteiger partial charge on any atom is -0.483 e. The number of benzene rings is 2. The summed E-state index contributed by atoms with van der Waals surface area (Å²) < 4.78 is 64.6. The van der Waals surface area contributed by atoms with Crippen LogP contribution in [0.15, 0.2) is 73.2 Å². The Morgan fingerprint density at radius 1 is 0.955 bits per heavy atom. The van der Waals surface area contributed by atoms with Crippen LogP contribution >= 0.6 is 0 Å². The number of H-pyrrole nitrogens is 1. The first kappa shape index (κ1) is 47.0. The topological polar surface area (TPSA) is 236 Å². The van der Waals surface area contributed by atoms with Gasteiger partial charge in [-0.1, -0.05) is 19.1 Å². The fourth-order valence-corrected chi connectivity index (χ4v) is 9.09. The number of rotatable bonds is 12. The van der Waals surface area contributed by atoms with Gasteiger partial charge in [0.2, 0.25) is 11.7 Å². The van der Waals surface area contributed by atoms with E-state index >= 15 is 8.78 Å². The molecule has 6 heterocycles. The molecule has 3 aliphatic heterocycles. The molecule has 2 aromatic carbocycles. The molecule has 5 aromatic rings. The van der Waals surface area contributed by atoms with E-state index in [1.807, 2.05) is 41.3 Å². The molecule has 348 valence electrons. The number of anilines is 2. The molecule has 3 saturated heterocycles. The maximum absolute atomic E-state index is 15.6. The molecular weight excluding hydrogens is 881 g/mol. The number of hydrogen-bond acceptors (Lipinski definition) is 11. The summed E-state index contributed by atoms with van der Waals surface area (Å²) in [6, 6.07) is 14.9. The standard InChI is InChI=1S/C44H47F2N9O7S.CH2O2/c1-3-53(2)63(60,61)52-35-10-9-34(45)39(40(35)46)41(57)33-25-49-42-32(33)22-29(24-48-42)28-6-12-37(47-23-28)54-20-16-30(17-21-54)50-44(59)55-18-14-27(15-19-55)26-4-7-31(8-5-26)62-36-11-13-38(56)51-43(36)58;2-1-3/h4-10,12,22-25,27,30,36,52H,3,11,13-21H2,1-2H3,(H,48,49)(H,50,59)(H,51,56,58);1H,(H,2,3). The Morgan fingerprint density at radius 3 is 2.30 bits per heavy atom. The normalized spacial score (nSPS) is 17.2. The predicted molar refractivity (Wildman–Crippen MR) is 239 cm³/mol. The molecule has 5 N–H and O–H groups in total. The van der Waals surface area contributed by atoms with Gasteiger partial charge in [0.05, 0.1) is 11.3 Å². The van der Waals surface area contributed by atoms with Crippen molar-refractivity contribution in [2.75, 3.05) is 49.4 Å². The Labute approximate surface area is 378 Å². The van der Waals surface area contributed by atoms with Crippen molar-refractivity contribution in [3.63, 3.8) is 0 Å². The zero-order valence-corrected chi connectivity index (χ0v) is 36.9. The smallest absolute Gasteiger partial charge is 0.317 e. The SMILES string of the molecule is CCN(C)S(=O)(=O)Nc1ccc(F)c(C(=O)c2c[nH]c3ncc(-c4ccc(N5CCC(NC(=O)N6CCC(c7ccc(OC8CCC(=O)NC8=O)cc7)CC6)CC5)nc4)cc23)c1F.O=CO. The van der Waals surface area contributed by atoms with E-state index in [1.54, 1.807) is 25.4 Å². The first-order valence-corrected chi connectivity index (χ1v) is 22.8. The highest BCUT2D eigenvalue weighted by Crippen LogP contribution is 2.32. The Kier molecular flexibility index (Phi) is 14.6. The quantitative estimate of drug-likeness (QED) is 0.0618. The summed E-state index contributed by atoms with van der Waals surface area (Å²) in [5.74, 6) is -2.53. The van der Waals surface area contributed by atoms with E-state index < -0.39 is 50.9 Å². The third-order valence-corrected chi connectivity index (χ3v) is 13.6. The number of carbonyl (C=O) groups is 5. The number of carbonyl (C=O) groups excluding carboxylic acids is 4. The van der Waals surface area contributed by atoms with E-state index in [0.717, 1.165) is 53.5 Å². The van der Waals surface area contributed by atoms with Crippen molar-refractivity contribution in [2.24, 2.45) is 0 Å². The number of nitrogens with one attached hydrogen (secondary N) is 4. The summed E-state index contributed by atoms with van der Waals surface area (Å²) in [6.07, 6.45) is 7.68. The molecule has 0 aliphatic carbocycles. The maximum atomic E-state index is 15.6. The average Bonchev–Trinajstić information content (AvgIpc) is 3.75. The summed E-state index contributed by atoms with van der Waals surface area (Å²) in [7, 11) is -2.85. The van der Waals surface area contributed by atoms with Gasteiger partial charge >= 0.3 is 16.2 Å². The zero-order valence-electron chi connectivity index (χ0n) is 36.1. The number of nitrogens with zero attached hydrogens (tertiary/aromatic N) is 5. The summed E-state index contributed by atoms with van der Waals surface area (Å²) >= 11 is 0. The van der Waals surface area contributed by atoms with Crippen molar-refractivity contribution >= 4 is 62.8 Å². The van der Waals surface area contributed by atoms with Crippen LogP contribution in [0.1, 0.15) is 72.9 Å². The molecule has 3 aromatic heterocycles. The van der Waals surface area contributed by atoms with Crippen molar-refractivity contribution in [1.82, 2.24) is 34.8 Å². The molecule has 21 heteroatoms. The van der Waals surface area contributed by atoms with Gasteiger partial charge in [0.25, 0.3) is 12.4 Å². The van der Waals surface area contributed by atoms with Crippen LogP contribution in [-0.4, -0.2) is 120 Å². The van der Waals surface area contributed by atoms with Crippen molar-refractivity contribution in [3.05, 3.63) is 102 Å². The summed E-state index contributed by atoms with van der Waals surface area (Å²) in [5.41, 5.74) is 1.27. The number of amides is 4. The van der Waals surface area contributed by atoms with E-state index in [4.69, 9.17) is 19.6 Å². The number of piperidine rings is 3. The van der Waals surface area contributed by atoms with E-state index in [2.05, 4.69) is 30.2 Å². The van der Waals surface area contributed by atoms with Crippen molar-refractivity contribution in [2.45, 2.75) is 63.5 Å². The number of aromatic amines is 1. The van der Waals surface area contributed by atoms with Gasteiger partial charge in [0, 0.05) is 99.3 Å². The van der Waals surface area contributed by atoms with Gasteiger partial charge < -0.3 is 29.9 Å². The van der Waals surface area contributed by atoms with Gasteiger partial charge in [0.1, 0.15) is 23.0 Å². The van der Waals surface area contributed by atoms with E-state index in [0.29, 0.717) is 66.4 Å². The monoisotopic (exact) mass is 929 g/mol. The number of likely N-dealkylation sites (tertiary alicyclic amines) is 1. The highest BCUT2D eigenvalue weighted by atomic mass is 32.2. The lowest BCUT2D eigenvalue weighted by atomic mass is 9.89. The Balaban J connectivity index is 0.00000210. The van der Waals surface area contributed by atoms with E-state index in [9.17, 15) is 27.6 Å². The molecule has 0 radical (unpaired) electrons. The van der Waals surface area contributed by atoms with Crippen LogP contribution in [0.4, 0.5) is 25.1 Å². The van der Waals surface area contributed by atoms with Crippen LogP contribution in [0.5, 0.6) is 5.75 Å². The number of pyridine rings is 2. The van der Waals surface area contributed by atoms with Crippen molar-refractivity contribution in [3.8, 4) is 16.9 Å². The molecule has 3 aliphatic rings. The molecule has 4 amide bonds. The van der Waals surface area contributed by atoms with Gasteiger partial charge in [-0.2, -0.15) is 12.7 Å². The summed E-state index contributed by atoms with van der Waals surface area (Å²) in [6.45, 7) is 4.10. The van der Waals surface area contributed by atoms with Crippen molar-refractivity contribution in [1.29, 1.82) is 0 Å². The first-order valence-electron chi connectivity index (χ1n) is 21.4. The molecule has 3 fully saturated rings. The first-order chi connectivity index (χ1) is 31.7. The zero-order chi connectivity index (χ0) is 47.1. The number of ketones is 1. The maximum Gasteiger partial charge on any atom is 0.317 e. The van der Waals surface area contributed by atoms with Crippen molar-refractivity contribution < 1.29 is 51.0 Å². The lowest BCUT2D eigenvalue weighted by molar-refractivity contribution is -0.139. The highest BCUT2D eigenvalue weighted by molar-refractivity contribution is 7.90. The van der Waals surface area contributed by atoms with Crippen LogP contribution in [-0.2, 0) is 24.6 Å². The lowest BCUT2D eigenvalue weighted by Gasteiger charge is -2.36. The third-order valence-electron chi connectivity index (χ3n) is 12.0. The van der Waals surface area contributed by atoms with Gasteiger partial charge in [-0.25, -0.2) is 23.5 Å². The number of aromatic nitrogens is 3. The molecule has 0 spiro atoms. The summed E-state index contributed by atoms with van der Waals surface area (Å²) in [5, 5.41) is 12.7. The minimum atomic E-state index is -4.15. The fraction of sp³-hybridized carbons (Fsp3) is 0.356. The number of fused-ring (bicyclic) bond motifs is 1. The van der Waals surface area contributed by atoms with E-state index in [1.165, 1.54) is 13.2 Å². The van der Waals surface area contributed by atoms with Crippen LogP contribution in [0.25, 0.3) is 22.2 Å². The minimum absolute atomic E-state index is 0.0233. The van der Waals surface area contributed by atoms with Crippen LogP contribution in [0.2, 0.25) is 0 Å². The predicted octanol–water partition coefficient (Wildman–Crippen LogP) is 5.19. The van der Waals surface area contributed by atoms with Gasteiger partial charge in [-0.3, -0.25) is 29.2 Å². The number of carboxylic acid groups (broad SMARTS) is 1. The van der Waals surface area contributed by atoms with Gasteiger partial charge in [-0.15, -0.1) is 0 Å². The Morgan fingerprint density at radius 2 is 1.65 bits per heavy atom. The third kappa shape index (κ3) is 10.6. The number of imide groups is 1. The largest absolute Gasteiger partial charge is 0.483 e. The molecule has 8 rings (SSSR count). The van der Waals surface area contributed by atoms with Crippen LogP contribution in [0.3, 0.4) is 0 Å². The summed E-state index contributed by atoms with van der Waals surface area (Å²) in [4.78, 5) is 74.8. The molecule has 0 saturated carbocycles. The Hall–Kier alpha value is -7.00. The van der Waals surface area contributed by atoms with Gasteiger partial charge in [-0.05, 0) is 79.6 Å². The van der Waals surface area contributed by atoms with Crippen LogP contribution in [0, 0.1) is 11.6 Å². The molecule has 0 bridgehead atoms. The molecule has 1 atom stereocenters.